The highest BCUT2D eigenvalue weighted by Crippen LogP contribution is 2.03. The molecular weight excluding hydrogens is 395 g/mol. The van der Waals surface area contributed by atoms with E-state index in [1.807, 2.05) is 91.8 Å². The average molecular weight is 416 g/mol. The molecule has 0 fully saturated rings. The van der Waals surface area contributed by atoms with E-state index in [4.69, 9.17) is 15.1 Å². The predicted octanol–water partition coefficient (Wildman–Crippen LogP) is -1.00. The molecule has 0 amide bonds. The molecule has 0 saturated heterocycles. The number of nitrogens with one attached hydrogen (secondary N) is 6. The van der Waals surface area contributed by atoms with Crippen LogP contribution in [-0.4, -0.2) is 22.3 Å². The Kier molecular flexibility index (Phi) is 7.89. The maximum Gasteiger partial charge on any atom is 0.240 e. The van der Waals surface area contributed by atoms with Gasteiger partial charge in [-0.05, 0) is 36.4 Å². The van der Waals surface area contributed by atoms with E-state index in [2.05, 4.69) is 29.9 Å². The van der Waals surface area contributed by atoms with Crippen molar-refractivity contribution in [3.8, 4) is 0 Å². The van der Waals surface area contributed by atoms with Crippen molar-refractivity contribution in [2.45, 2.75) is 0 Å². The Bertz CT molecular complexity index is 1060. The Morgan fingerprint density at radius 1 is 0.484 bits per heavy atom. The van der Waals surface area contributed by atoms with Crippen LogP contribution in [0.3, 0.4) is 0 Å². The van der Waals surface area contributed by atoms with Crippen molar-refractivity contribution in [1.82, 2.24) is 15.0 Å². The van der Waals surface area contributed by atoms with E-state index in [1.165, 1.54) is 0 Å². The second kappa shape index (κ2) is 11.3. The van der Waals surface area contributed by atoms with Gasteiger partial charge in [-0.15, -0.1) is 0 Å². The number of rotatable bonds is 0. The topological polar surface area (TPSA) is 159 Å². The van der Waals surface area contributed by atoms with E-state index < -0.39 is 7.32 Å². The van der Waals surface area contributed by atoms with E-state index in [0.717, 1.165) is 33.1 Å². The summed E-state index contributed by atoms with van der Waals surface area (Å²) in [4.78, 5) is 18.4. The molecule has 0 aliphatic heterocycles. The number of aromatic nitrogens is 6. The van der Waals surface area contributed by atoms with Gasteiger partial charge in [0.05, 0.1) is 0 Å². The van der Waals surface area contributed by atoms with Crippen LogP contribution in [0.15, 0.2) is 91.8 Å². The fraction of sp³-hybridized carbons (Fsp3) is 0. The van der Waals surface area contributed by atoms with Crippen LogP contribution < -0.4 is 30.0 Å². The largest absolute Gasteiger partial charge is 0.907 e. The Labute approximate surface area is 177 Å². The molecule has 0 bridgehead atoms. The standard InChI is InChI=1S/3C7H6N2.BO3/c3*1-2-4-7-6(3-1)8-5-9-7;2-1(3)4/h3*1-5H,(H,8,9);/q;;;-3/p+3. The number of hydrogen-bond acceptors (Lipinski definition) is 3. The molecule has 0 spiro atoms. The Morgan fingerprint density at radius 2 is 0.742 bits per heavy atom. The highest BCUT2D eigenvalue weighted by molar-refractivity contribution is 6.24. The summed E-state index contributed by atoms with van der Waals surface area (Å²) in [5, 5.41) is 25.2. The third-order valence-corrected chi connectivity index (χ3v) is 4.15. The second-order valence-electron chi connectivity index (χ2n) is 6.22. The molecule has 0 aliphatic carbocycles. The number of aromatic amines is 6. The first-order valence-electron chi connectivity index (χ1n) is 9.42. The third kappa shape index (κ3) is 6.79. The smallest absolute Gasteiger partial charge is 0.240 e. The van der Waals surface area contributed by atoms with E-state index >= 15 is 0 Å². The maximum absolute atomic E-state index is 8.42. The number of benzene rings is 3. The number of imidazole rings is 3. The van der Waals surface area contributed by atoms with Gasteiger partial charge in [0.25, 0.3) is 0 Å². The quantitative estimate of drug-likeness (QED) is 0.272. The van der Waals surface area contributed by atoms with Crippen molar-refractivity contribution in [1.29, 1.82) is 0 Å². The van der Waals surface area contributed by atoms with Gasteiger partial charge in [-0.2, -0.15) is 0 Å². The molecule has 10 heteroatoms. The summed E-state index contributed by atoms with van der Waals surface area (Å²) in [6.45, 7) is 0. The van der Waals surface area contributed by atoms with Crippen molar-refractivity contribution in [2.24, 2.45) is 0 Å². The van der Waals surface area contributed by atoms with Crippen LogP contribution in [0, 0.1) is 0 Å². The zero-order chi connectivity index (χ0) is 21.9. The van der Waals surface area contributed by atoms with Crippen LogP contribution >= 0.6 is 0 Å². The SMILES string of the molecule is [O-]B([O-])[O-].c1ccc2[nH+]c[nH]c2c1.c1ccc2[nH+]c[nH]c2c1.c1ccc2[nH+]c[nH]c2c1. The second-order valence-corrected chi connectivity index (χ2v) is 6.22. The molecule has 3 aromatic heterocycles. The molecule has 0 atom stereocenters. The lowest BCUT2D eigenvalue weighted by Gasteiger charge is -2.35. The van der Waals surface area contributed by atoms with Crippen molar-refractivity contribution in [2.75, 3.05) is 0 Å². The summed E-state index contributed by atoms with van der Waals surface area (Å²) in [5.74, 6) is 0. The lowest BCUT2D eigenvalue weighted by molar-refractivity contribution is -0.479. The lowest BCUT2D eigenvalue weighted by atomic mass is 10.3. The number of fused-ring (bicyclic) bond motifs is 3. The van der Waals surface area contributed by atoms with Gasteiger partial charge in [-0.1, -0.05) is 36.4 Å². The van der Waals surface area contributed by atoms with Crippen LogP contribution in [-0.2, 0) is 0 Å². The van der Waals surface area contributed by atoms with E-state index in [0.29, 0.717) is 0 Å². The lowest BCUT2D eigenvalue weighted by Crippen LogP contribution is -2.56. The third-order valence-electron chi connectivity index (χ3n) is 4.15. The van der Waals surface area contributed by atoms with Gasteiger partial charge in [0.15, 0.2) is 33.1 Å². The van der Waals surface area contributed by atoms with Crippen molar-refractivity contribution in [3.63, 3.8) is 0 Å². The summed E-state index contributed by atoms with van der Waals surface area (Å²) in [6.07, 6.45) is 5.47. The molecule has 0 radical (unpaired) electrons. The van der Waals surface area contributed by atoms with Crippen molar-refractivity contribution >= 4 is 40.4 Å². The fourth-order valence-electron chi connectivity index (χ4n) is 2.78. The van der Waals surface area contributed by atoms with Crippen LogP contribution in [0.25, 0.3) is 33.1 Å². The van der Waals surface area contributed by atoms with Gasteiger partial charge < -0.3 is 15.1 Å². The van der Waals surface area contributed by atoms with Gasteiger partial charge in [0, 0.05) is 0 Å². The molecule has 0 saturated carbocycles. The highest BCUT2D eigenvalue weighted by atomic mass is 16.5. The molecular formula is C21H21BN6O3. The minimum Gasteiger partial charge on any atom is -0.907 e. The van der Waals surface area contributed by atoms with Gasteiger partial charge in [-0.25, -0.2) is 29.9 Å². The van der Waals surface area contributed by atoms with Crippen LogP contribution in [0.2, 0.25) is 0 Å². The van der Waals surface area contributed by atoms with Gasteiger partial charge in [-0.3, -0.25) is 7.32 Å². The first-order valence-corrected chi connectivity index (χ1v) is 9.42. The minimum absolute atomic E-state index is 1.15. The van der Waals surface area contributed by atoms with Gasteiger partial charge in [0.1, 0.15) is 0 Å². The summed E-state index contributed by atoms with van der Waals surface area (Å²) >= 11 is 0. The van der Waals surface area contributed by atoms with Gasteiger partial charge >= 0.3 is 0 Å². The first kappa shape index (κ1) is 21.7. The highest BCUT2D eigenvalue weighted by Gasteiger charge is 1.96. The minimum atomic E-state index is -2.92. The zero-order valence-corrected chi connectivity index (χ0v) is 16.5. The van der Waals surface area contributed by atoms with E-state index in [1.54, 1.807) is 0 Å². The average Bonchev–Trinajstić information content (AvgIpc) is 3.54. The molecule has 0 unspecified atom stereocenters. The normalized spacial score (nSPS) is 9.77. The summed E-state index contributed by atoms with van der Waals surface area (Å²) in [5.41, 5.74) is 6.90. The molecule has 6 aromatic rings. The zero-order valence-electron chi connectivity index (χ0n) is 16.5. The van der Waals surface area contributed by atoms with Crippen LogP contribution in [0.4, 0.5) is 0 Å². The Hall–Kier alpha value is -3.99. The van der Waals surface area contributed by atoms with Crippen molar-refractivity contribution < 1.29 is 30.0 Å². The van der Waals surface area contributed by atoms with Crippen LogP contribution in [0.5, 0.6) is 0 Å². The predicted molar refractivity (Wildman–Crippen MR) is 110 cm³/mol. The number of H-pyrrole nitrogens is 6. The summed E-state index contributed by atoms with van der Waals surface area (Å²) in [6, 6.07) is 24.2. The number of para-hydroxylation sites is 6. The summed E-state index contributed by atoms with van der Waals surface area (Å²) in [7, 11) is -2.92. The molecule has 31 heavy (non-hydrogen) atoms. The molecule has 9 nitrogen and oxygen atoms in total. The fourth-order valence-corrected chi connectivity index (χ4v) is 2.78. The van der Waals surface area contributed by atoms with Crippen molar-refractivity contribution in [3.05, 3.63) is 91.8 Å². The monoisotopic (exact) mass is 416 g/mol. The number of hydrogen-bond donors (Lipinski definition) is 3. The Balaban J connectivity index is 0.000000122. The maximum atomic E-state index is 8.42. The van der Waals surface area contributed by atoms with E-state index in [-0.39, 0.29) is 0 Å². The molecule has 3 aromatic carbocycles. The molecule has 6 rings (SSSR count). The van der Waals surface area contributed by atoms with E-state index in [9.17, 15) is 0 Å². The molecule has 156 valence electrons. The van der Waals surface area contributed by atoms with Crippen LogP contribution in [0.1, 0.15) is 0 Å². The first-order chi connectivity index (χ1) is 15.1. The molecule has 0 aliphatic rings. The van der Waals surface area contributed by atoms with Gasteiger partial charge in [0.2, 0.25) is 19.0 Å². The summed E-state index contributed by atoms with van der Waals surface area (Å²) < 4.78 is 0. The Morgan fingerprint density at radius 3 is 1.00 bits per heavy atom. The molecule has 6 N–H and O–H groups in total. The molecule has 3 heterocycles.